The molecule has 0 aliphatic carbocycles. The lowest BCUT2D eigenvalue weighted by Crippen LogP contribution is -2.41. The van der Waals surface area contributed by atoms with Crippen molar-refractivity contribution in [1.82, 2.24) is 0 Å². The lowest BCUT2D eigenvalue weighted by Gasteiger charge is -2.30. The summed E-state index contributed by atoms with van der Waals surface area (Å²) >= 11 is 0. The van der Waals surface area contributed by atoms with Crippen LogP contribution in [0.3, 0.4) is 0 Å². The average Bonchev–Trinajstić information content (AvgIpc) is 3.50. The molecule has 0 bridgehead atoms. The summed E-state index contributed by atoms with van der Waals surface area (Å²) in [4.78, 5) is 0. The number of quaternary nitrogens is 2. The number of aryl methyl sites for hydroxylation is 1. The molecule has 0 radical (unpaired) electrons. The van der Waals surface area contributed by atoms with Crippen LogP contribution in [-0.2, 0) is 6.54 Å². The number of aromatic nitrogens is 1. The summed E-state index contributed by atoms with van der Waals surface area (Å²) in [6.07, 6.45) is 97.7. The molecule has 3 nitrogen and oxygen atoms in total. The van der Waals surface area contributed by atoms with E-state index < -0.39 is 0 Å². The van der Waals surface area contributed by atoms with E-state index in [0.29, 0.717) is 0 Å². The molecule has 1 heterocycles. The van der Waals surface area contributed by atoms with Gasteiger partial charge in [0.25, 0.3) is 0 Å². The van der Waals surface area contributed by atoms with Gasteiger partial charge in [-0.3, -0.25) is 0 Å². The van der Waals surface area contributed by atoms with Gasteiger partial charge in [-0.25, -0.2) is 4.57 Å². The molecule has 1 aromatic heterocycles. The standard InChI is InChI=1S/C38H80N.C23H42N.C21H46N/c1-5-7-9-11-13-15-17-19-21-23-25-27-29-31-33-35-37-39(3,4)38-36-34-32-30-28-26-24-22-20-18-16-14-12-10-8-6-2;1-2-3-4-5-6-7-8-9-10-11-12-13-14-15-16-18-21-24-22-19-17-20-23-24;1-5-6-7-8-9-10-11-12-13-14-15-16-17-18-19-20-21-22(2,3)4/h5-38H2,1-4H3;17,19-20,22-23H,2-16,18,21H2,1H3;5-21H2,1-4H3/q3*+1. The molecule has 3 heteroatoms. The van der Waals surface area contributed by atoms with Crippen molar-refractivity contribution in [2.75, 3.05) is 54.9 Å². The number of unbranched alkanes of at least 4 members (excludes halogenated alkanes) is 60. The van der Waals surface area contributed by atoms with Crippen molar-refractivity contribution < 1.29 is 13.5 Å². The Hall–Kier alpha value is -0.930. The predicted molar refractivity (Wildman–Crippen MR) is 390 cm³/mol. The van der Waals surface area contributed by atoms with Gasteiger partial charge in [0.1, 0.15) is 6.54 Å². The quantitative estimate of drug-likeness (QED) is 0.0348. The molecular formula is C82H168N3+3. The first-order valence-corrected chi connectivity index (χ1v) is 40.2. The fourth-order valence-electron chi connectivity index (χ4n) is 12.8. The fourth-order valence-corrected chi connectivity index (χ4v) is 12.8. The smallest absolute Gasteiger partial charge is 0.168 e. The molecule has 1 aromatic rings. The largest absolute Gasteiger partial charge is 0.331 e. The van der Waals surface area contributed by atoms with Crippen LogP contribution in [0.2, 0.25) is 0 Å². The van der Waals surface area contributed by atoms with E-state index in [1.807, 2.05) is 0 Å². The Balaban J connectivity index is 0. The third kappa shape index (κ3) is 81.1. The molecule has 1 rings (SSSR count). The van der Waals surface area contributed by atoms with Gasteiger partial charge < -0.3 is 8.97 Å². The number of rotatable bonds is 68. The summed E-state index contributed by atoms with van der Waals surface area (Å²) in [6, 6.07) is 6.32. The van der Waals surface area contributed by atoms with Gasteiger partial charge in [0.15, 0.2) is 12.4 Å². The summed E-state index contributed by atoms with van der Waals surface area (Å²) in [5.74, 6) is 0. The van der Waals surface area contributed by atoms with Crippen LogP contribution in [0.1, 0.15) is 439 Å². The second-order valence-electron chi connectivity index (χ2n) is 29.7. The maximum absolute atomic E-state index is 2.47. The van der Waals surface area contributed by atoms with Crippen LogP contribution in [0.15, 0.2) is 30.6 Å². The van der Waals surface area contributed by atoms with Crippen molar-refractivity contribution in [2.24, 2.45) is 0 Å². The van der Waals surface area contributed by atoms with Crippen LogP contribution >= 0.6 is 0 Å². The summed E-state index contributed by atoms with van der Waals surface area (Å²) in [7, 11) is 11.8. The van der Waals surface area contributed by atoms with Gasteiger partial charge in [-0.1, -0.05) is 393 Å². The number of hydrogen-bond donors (Lipinski definition) is 0. The van der Waals surface area contributed by atoms with Gasteiger partial charge in [-0.2, -0.15) is 0 Å². The van der Waals surface area contributed by atoms with Gasteiger partial charge in [-0.05, 0) is 44.9 Å². The molecule has 0 fully saturated rings. The highest BCUT2D eigenvalue weighted by Gasteiger charge is 2.14. The third-order valence-electron chi connectivity index (χ3n) is 19.0. The van der Waals surface area contributed by atoms with Crippen LogP contribution in [-0.4, -0.2) is 63.8 Å². The van der Waals surface area contributed by atoms with E-state index in [9.17, 15) is 0 Å². The molecule has 0 atom stereocenters. The molecule has 0 saturated carbocycles. The summed E-state index contributed by atoms with van der Waals surface area (Å²) in [5.41, 5.74) is 0. The van der Waals surface area contributed by atoms with Crippen molar-refractivity contribution >= 4 is 0 Å². The van der Waals surface area contributed by atoms with Gasteiger partial charge in [0.05, 0.1) is 54.9 Å². The highest BCUT2D eigenvalue weighted by atomic mass is 15.3. The molecule has 0 saturated heterocycles. The summed E-state index contributed by atoms with van der Waals surface area (Å²) in [5, 5.41) is 0. The van der Waals surface area contributed by atoms with Gasteiger partial charge in [0.2, 0.25) is 0 Å². The highest BCUT2D eigenvalue weighted by molar-refractivity contribution is 4.83. The zero-order chi connectivity index (χ0) is 62.2. The first kappa shape index (κ1) is 86.1. The lowest BCUT2D eigenvalue weighted by molar-refractivity contribution is -0.890. The first-order valence-electron chi connectivity index (χ1n) is 40.2. The maximum Gasteiger partial charge on any atom is 0.168 e. The predicted octanol–water partition coefficient (Wildman–Crippen LogP) is 27.8. The molecule has 0 aliphatic heterocycles. The average molecular weight is 1200 g/mol. The van der Waals surface area contributed by atoms with Gasteiger partial charge in [0, 0.05) is 18.6 Å². The van der Waals surface area contributed by atoms with Crippen molar-refractivity contribution in [2.45, 2.75) is 445 Å². The van der Waals surface area contributed by atoms with E-state index in [1.165, 1.54) is 442 Å². The van der Waals surface area contributed by atoms with Gasteiger partial charge >= 0.3 is 0 Å². The van der Waals surface area contributed by atoms with E-state index in [2.05, 4.69) is 98.1 Å². The Morgan fingerprint density at radius 1 is 0.188 bits per heavy atom. The Kier molecular flexibility index (Phi) is 74.8. The second-order valence-corrected chi connectivity index (χ2v) is 29.7. The van der Waals surface area contributed by atoms with Crippen LogP contribution in [0.5, 0.6) is 0 Å². The maximum atomic E-state index is 2.47. The molecule has 0 spiro atoms. The molecular weight excluding hydrogens is 1030 g/mol. The molecule has 0 unspecified atom stereocenters. The SMILES string of the molecule is CCCCCCCCCCCCCCCCCC[N+](C)(C)C.CCCCCCCCCCCCCCCCCC[N+](C)(C)CCCCCCCCCCCCCCCCCC.CCCCCCCCCCCCCCCCCC[n+]1ccccc1. The Labute approximate surface area is 541 Å². The minimum atomic E-state index is 1.12. The molecule has 0 amide bonds. The van der Waals surface area contributed by atoms with Crippen LogP contribution in [0.25, 0.3) is 0 Å². The Morgan fingerprint density at radius 3 is 0.541 bits per heavy atom. The Bertz CT molecular complexity index is 1250. The van der Waals surface area contributed by atoms with E-state index >= 15 is 0 Å². The normalized spacial score (nSPS) is 11.7. The van der Waals surface area contributed by atoms with E-state index in [0.717, 1.165) is 4.48 Å². The monoisotopic (exact) mass is 1200 g/mol. The number of hydrogen-bond acceptors (Lipinski definition) is 0. The van der Waals surface area contributed by atoms with Crippen LogP contribution < -0.4 is 4.57 Å². The number of nitrogens with zero attached hydrogens (tertiary/aromatic N) is 3. The van der Waals surface area contributed by atoms with Gasteiger partial charge in [-0.15, -0.1) is 0 Å². The van der Waals surface area contributed by atoms with Crippen molar-refractivity contribution in [3.05, 3.63) is 30.6 Å². The van der Waals surface area contributed by atoms with Crippen LogP contribution in [0, 0.1) is 0 Å². The van der Waals surface area contributed by atoms with Crippen molar-refractivity contribution in [1.29, 1.82) is 0 Å². The molecule has 0 N–H and O–H groups in total. The molecule has 0 aliphatic rings. The third-order valence-corrected chi connectivity index (χ3v) is 19.0. The van der Waals surface area contributed by atoms with E-state index in [1.54, 1.807) is 0 Å². The van der Waals surface area contributed by atoms with Crippen LogP contribution in [0.4, 0.5) is 0 Å². The molecule has 508 valence electrons. The highest BCUT2D eigenvalue weighted by Crippen LogP contribution is 2.19. The minimum Gasteiger partial charge on any atom is -0.331 e. The lowest BCUT2D eigenvalue weighted by atomic mass is 10.0. The number of pyridine rings is 1. The minimum absolute atomic E-state index is 1.12. The van der Waals surface area contributed by atoms with E-state index in [4.69, 9.17) is 0 Å². The van der Waals surface area contributed by atoms with Crippen molar-refractivity contribution in [3.63, 3.8) is 0 Å². The van der Waals surface area contributed by atoms with E-state index in [-0.39, 0.29) is 0 Å². The zero-order valence-corrected chi connectivity index (χ0v) is 61.3. The topological polar surface area (TPSA) is 3.88 Å². The Morgan fingerprint density at radius 2 is 0.353 bits per heavy atom. The zero-order valence-electron chi connectivity index (χ0n) is 61.3. The molecule has 0 aromatic carbocycles. The summed E-state index contributed by atoms with van der Waals surface area (Å²) in [6.45, 7) is 14.5. The first-order chi connectivity index (χ1) is 41.6. The second kappa shape index (κ2) is 73.8. The fraction of sp³-hybridized carbons (Fsp3) is 0.939. The molecule has 85 heavy (non-hydrogen) atoms. The van der Waals surface area contributed by atoms with Crippen molar-refractivity contribution in [3.8, 4) is 0 Å². The summed E-state index contributed by atoms with van der Waals surface area (Å²) < 4.78 is 4.67.